The van der Waals surface area contributed by atoms with E-state index in [9.17, 15) is 4.79 Å². The lowest BCUT2D eigenvalue weighted by molar-refractivity contribution is -0.195. The van der Waals surface area contributed by atoms with E-state index in [-0.39, 0.29) is 24.5 Å². The summed E-state index contributed by atoms with van der Waals surface area (Å²) < 4.78 is 21.9. The smallest absolute Gasteiger partial charge is 0.334 e. The molecule has 20 heavy (non-hydrogen) atoms. The fourth-order valence-corrected chi connectivity index (χ4v) is 2.23. The molecule has 3 atom stereocenters. The van der Waals surface area contributed by atoms with Gasteiger partial charge in [-0.2, -0.15) is 0 Å². The molecular formula is C15H26O5. The van der Waals surface area contributed by atoms with Crippen LogP contribution >= 0.6 is 0 Å². The van der Waals surface area contributed by atoms with E-state index in [1.807, 2.05) is 13.8 Å². The lowest BCUT2D eigenvalue weighted by Gasteiger charge is -2.31. The maximum atomic E-state index is 11.6. The van der Waals surface area contributed by atoms with Gasteiger partial charge in [0.25, 0.3) is 0 Å². The lowest BCUT2D eigenvalue weighted by Crippen LogP contribution is -2.38. The number of esters is 1. The molecule has 5 nitrogen and oxygen atoms in total. The molecule has 3 unspecified atom stereocenters. The second kappa shape index (κ2) is 8.97. The van der Waals surface area contributed by atoms with Crippen LogP contribution < -0.4 is 0 Å². The summed E-state index contributed by atoms with van der Waals surface area (Å²) in [5.74, 6) is 0.271. The number of hydrogen-bond donors (Lipinski definition) is 0. The van der Waals surface area contributed by atoms with Crippen LogP contribution in [0.3, 0.4) is 0 Å². The Morgan fingerprint density at radius 1 is 1.45 bits per heavy atom. The first kappa shape index (κ1) is 17.0. The first-order chi connectivity index (χ1) is 9.60. The van der Waals surface area contributed by atoms with Crippen molar-refractivity contribution in [3.05, 3.63) is 11.8 Å². The zero-order valence-corrected chi connectivity index (χ0v) is 12.9. The molecule has 0 aromatic rings. The van der Waals surface area contributed by atoms with Crippen molar-refractivity contribution in [2.75, 3.05) is 13.7 Å². The standard InChI is InChI=1S/C15H26O5/c1-5-7-8-13(19-11(3)18-6-2)14-9-12(17-4)10-15(16)20-14/h10-11,13-14H,5-9H2,1-4H3. The molecule has 0 amide bonds. The van der Waals surface area contributed by atoms with Gasteiger partial charge in [0, 0.05) is 13.0 Å². The largest absolute Gasteiger partial charge is 0.501 e. The molecule has 1 rings (SSSR count). The summed E-state index contributed by atoms with van der Waals surface area (Å²) in [5, 5.41) is 0. The Bertz CT molecular complexity index is 326. The van der Waals surface area contributed by atoms with Gasteiger partial charge in [-0.25, -0.2) is 4.79 Å². The minimum Gasteiger partial charge on any atom is -0.501 e. The lowest BCUT2D eigenvalue weighted by atomic mass is 10.0. The van der Waals surface area contributed by atoms with Crippen LogP contribution in [0.25, 0.3) is 0 Å². The minimum absolute atomic E-state index is 0.167. The molecule has 0 aromatic heterocycles. The van der Waals surface area contributed by atoms with E-state index in [1.165, 1.54) is 6.08 Å². The van der Waals surface area contributed by atoms with Crippen LogP contribution in [0.2, 0.25) is 0 Å². The van der Waals surface area contributed by atoms with Gasteiger partial charge in [0.15, 0.2) is 6.29 Å². The first-order valence-electron chi connectivity index (χ1n) is 7.32. The van der Waals surface area contributed by atoms with Gasteiger partial charge in [-0.05, 0) is 20.3 Å². The number of carbonyl (C=O) groups excluding carboxylic acids is 1. The van der Waals surface area contributed by atoms with Crippen molar-refractivity contribution < 1.29 is 23.7 Å². The molecule has 1 aliphatic heterocycles. The quantitative estimate of drug-likeness (QED) is 0.482. The Kier molecular flexibility index (Phi) is 7.62. The van der Waals surface area contributed by atoms with Crippen LogP contribution in [0.4, 0.5) is 0 Å². The van der Waals surface area contributed by atoms with E-state index >= 15 is 0 Å². The minimum atomic E-state index is -0.368. The average molecular weight is 286 g/mol. The topological polar surface area (TPSA) is 54.0 Å². The SMILES string of the molecule is CCCCC(OC(C)OCC)C1CC(OC)=CC(=O)O1. The van der Waals surface area contributed by atoms with E-state index in [0.717, 1.165) is 19.3 Å². The van der Waals surface area contributed by atoms with Crippen molar-refractivity contribution in [2.45, 2.75) is 65.0 Å². The normalized spacial score (nSPS) is 21.9. The summed E-state index contributed by atoms with van der Waals surface area (Å²) in [6.07, 6.45) is 4.08. The fraction of sp³-hybridized carbons (Fsp3) is 0.800. The first-order valence-corrected chi connectivity index (χ1v) is 7.32. The molecule has 0 saturated carbocycles. The van der Waals surface area contributed by atoms with Crippen molar-refractivity contribution >= 4 is 5.97 Å². The Morgan fingerprint density at radius 3 is 2.80 bits per heavy atom. The molecule has 116 valence electrons. The van der Waals surface area contributed by atoms with Gasteiger partial charge < -0.3 is 18.9 Å². The second-order valence-electron chi connectivity index (χ2n) is 4.83. The predicted molar refractivity (Wildman–Crippen MR) is 75.1 cm³/mol. The summed E-state index contributed by atoms with van der Waals surface area (Å²) in [4.78, 5) is 11.6. The number of hydrogen-bond acceptors (Lipinski definition) is 5. The average Bonchev–Trinajstić information content (AvgIpc) is 2.42. The van der Waals surface area contributed by atoms with E-state index < -0.39 is 0 Å². The van der Waals surface area contributed by atoms with Gasteiger partial charge in [0.1, 0.15) is 11.9 Å². The number of rotatable bonds is 9. The predicted octanol–water partition coefficient (Wildman–Crippen LogP) is 2.79. The van der Waals surface area contributed by atoms with Gasteiger partial charge in [-0.1, -0.05) is 19.8 Å². The Hall–Kier alpha value is -1.07. The molecule has 0 aromatic carbocycles. The van der Waals surface area contributed by atoms with Crippen LogP contribution in [0, 0.1) is 0 Å². The second-order valence-corrected chi connectivity index (χ2v) is 4.83. The highest BCUT2D eigenvalue weighted by Gasteiger charge is 2.31. The van der Waals surface area contributed by atoms with Crippen molar-refractivity contribution in [1.82, 2.24) is 0 Å². The molecule has 0 saturated heterocycles. The number of carbonyl (C=O) groups is 1. The van der Waals surface area contributed by atoms with Crippen molar-refractivity contribution in [1.29, 1.82) is 0 Å². The van der Waals surface area contributed by atoms with Gasteiger partial charge in [0.05, 0.1) is 19.3 Å². The molecule has 0 N–H and O–H groups in total. The highest BCUT2D eigenvalue weighted by atomic mass is 16.7. The van der Waals surface area contributed by atoms with Crippen LogP contribution in [-0.2, 0) is 23.7 Å². The Morgan fingerprint density at radius 2 is 2.20 bits per heavy atom. The van der Waals surface area contributed by atoms with Crippen molar-refractivity contribution in [3.8, 4) is 0 Å². The third-order valence-corrected chi connectivity index (χ3v) is 3.24. The number of ether oxygens (including phenoxy) is 4. The Labute approximate surface area is 121 Å². The number of cyclic esters (lactones) is 1. The molecule has 1 heterocycles. The van der Waals surface area contributed by atoms with Crippen molar-refractivity contribution in [3.63, 3.8) is 0 Å². The van der Waals surface area contributed by atoms with Crippen LogP contribution in [0.15, 0.2) is 11.8 Å². The monoisotopic (exact) mass is 286 g/mol. The third-order valence-electron chi connectivity index (χ3n) is 3.24. The van der Waals surface area contributed by atoms with Gasteiger partial charge in [-0.15, -0.1) is 0 Å². The Balaban J connectivity index is 2.66. The van der Waals surface area contributed by atoms with Gasteiger partial charge in [0.2, 0.25) is 0 Å². The van der Waals surface area contributed by atoms with Crippen molar-refractivity contribution in [2.24, 2.45) is 0 Å². The zero-order chi connectivity index (χ0) is 15.0. The third kappa shape index (κ3) is 5.51. The van der Waals surface area contributed by atoms with Crippen LogP contribution in [0.1, 0.15) is 46.5 Å². The molecular weight excluding hydrogens is 260 g/mol. The van der Waals surface area contributed by atoms with Gasteiger partial charge >= 0.3 is 5.97 Å². The maximum absolute atomic E-state index is 11.6. The molecule has 0 bridgehead atoms. The van der Waals surface area contributed by atoms with Crippen LogP contribution in [0.5, 0.6) is 0 Å². The molecule has 0 spiro atoms. The van der Waals surface area contributed by atoms with E-state index in [2.05, 4.69) is 6.92 Å². The summed E-state index contributed by atoms with van der Waals surface area (Å²) in [6, 6.07) is 0. The maximum Gasteiger partial charge on any atom is 0.334 e. The summed E-state index contributed by atoms with van der Waals surface area (Å²) in [7, 11) is 1.56. The van der Waals surface area contributed by atoms with E-state index in [0.29, 0.717) is 18.8 Å². The molecule has 0 fully saturated rings. The number of methoxy groups -OCH3 is 1. The van der Waals surface area contributed by atoms with E-state index in [1.54, 1.807) is 7.11 Å². The summed E-state index contributed by atoms with van der Waals surface area (Å²) >= 11 is 0. The highest BCUT2D eigenvalue weighted by Crippen LogP contribution is 2.24. The zero-order valence-electron chi connectivity index (χ0n) is 12.9. The fourth-order valence-electron chi connectivity index (χ4n) is 2.23. The summed E-state index contributed by atoms with van der Waals surface area (Å²) in [5.41, 5.74) is 0. The molecule has 5 heteroatoms. The van der Waals surface area contributed by atoms with Crippen LogP contribution in [-0.4, -0.2) is 38.2 Å². The molecule has 0 radical (unpaired) electrons. The summed E-state index contributed by atoms with van der Waals surface area (Å²) in [6.45, 7) is 6.50. The van der Waals surface area contributed by atoms with E-state index in [4.69, 9.17) is 18.9 Å². The molecule has 1 aliphatic rings. The highest BCUT2D eigenvalue weighted by molar-refractivity contribution is 5.83. The van der Waals surface area contributed by atoms with Gasteiger partial charge in [-0.3, -0.25) is 0 Å². The molecule has 0 aliphatic carbocycles. The number of unbranched alkanes of at least 4 members (excludes halogenated alkanes) is 1.